The van der Waals surface area contributed by atoms with Crippen LogP contribution >= 0.6 is 0 Å². The Labute approximate surface area is 203 Å². The van der Waals surface area contributed by atoms with E-state index < -0.39 is 17.7 Å². The summed E-state index contributed by atoms with van der Waals surface area (Å²) < 4.78 is 47.2. The van der Waals surface area contributed by atoms with Gasteiger partial charge in [0.2, 0.25) is 5.82 Å². The lowest BCUT2D eigenvalue weighted by molar-refractivity contribution is 0.154. The minimum Gasteiger partial charge on any atom is -0.490 e. The highest BCUT2D eigenvalue weighted by molar-refractivity contribution is 5.83. The van der Waals surface area contributed by atoms with E-state index in [0.29, 0.717) is 41.1 Å². The van der Waals surface area contributed by atoms with E-state index in [0.717, 1.165) is 12.5 Å². The van der Waals surface area contributed by atoms with Crippen LogP contribution in [-0.4, -0.2) is 22.6 Å². The minimum absolute atomic E-state index is 0.0665. The predicted octanol–water partition coefficient (Wildman–Crippen LogP) is 6.04. The summed E-state index contributed by atoms with van der Waals surface area (Å²) in [6.07, 6.45) is 5.80. The zero-order valence-electron chi connectivity index (χ0n) is 19.8. The van der Waals surface area contributed by atoms with Crippen molar-refractivity contribution >= 4 is 11.4 Å². The number of benzene rings is 2. The van der Waals surface area contributed by atoms with Crippen molar-refractivity contribution in [3.63, 3.8) is 0 Å². The van der Waals surface area contributed by atoms with Gasteiger partial charge in [0.25, 0.3) is 0 Å². The Kier molecular flexibility index (Phi) is 8.76. The summed E-state index contributed by atoms with van der Waals surface area (Å²) in [7, 11) is 0. The number of nitrogens with two attached hydrogens (primary N) is 1. The molecule has 8 heteroatoms. The second-order valence-electron chi connectivity index (χ2n) is 8.41. The topological polar surface area (TPSA) is 71.1 Å². The number of ether oxygens (including phenoxy) is 1. The second kappa shape index (κ2) is 11.8. The van der Waals surface area contributed by atoms with Crippen LogP contribution in [0.1, 0.15) is 50.3 Å². The third-order valence-electron chi connectivity index (χ3n) is 5.81. The van der Waals surface area contributed by atoms with Gasteiger partial charge < -0.3 is 15.6 Å². The van der Waals surface area contributed by atoms with Crippen molar-refractivity contribution in [1.29, 1.82) is 0 Å². The van der Waals surface area contributed by atoms with Crippen molar-refractivity contribution in [3.05, 3.63) is 95.6 Å². The SMILES string of the molecule is C=C1C=C(c2cc(F)c(F)c(OCCCC(O)c3ccc(F)cc3)c2)C=CN1/N=C(/N)C(C)CC. The fourth-order valence-corrected chi connectivity index (χ4v) is 3.40. The van der Waals surface area contributed by atoms with E-state index in [4.69, 9.17) is 10.5 Å². The summed E-state index contributed by atoms with van der Waals surface area (Å²) in [5.41, 5.74) is 8.14. The normalized spacial score (nSPS) is 15.7. The van der Waals surface area contributed by atoms with Crippen molar-refractivity contribution in [2.75, 3.05) is 6.61 Å². The summed E-state index contributed by atoms with van der Waals surface area (Å²) in [6.45, 7) is 8.03. The molecule has 0 spiro atoms. The molecule has 3 rings (SSSR count). The molecule has 2 unspecified atom stereocenters. The third-order valence-corrected chi connectivity index (χ3v) is 5.81. The molecular weight excluding hydrogens is 455 g/mol. The molecule has 0 radical (unpaired) electrons. The molecule has 0 bridgehead atoms. The maximum absolute atomic E-state index is 14.3. The summed E-state index contributed by atoms with van der Waals surface area (Å²) in [6, 6.07) is 8.07. The van der Waals surface area contributed by atoms with Gasteiger partial charge in [0.05, 0.1) is 18.4 Å². The quantitative estimate of drug-likeness (QED) is 0.245. The van der Waals surface area contributed by atoms with E-state index in [1.807, 2.05) is 13.8 Å². The minimum atomic E-state index is -1.08. The zero-order chi connectivity index (χ0) is 25.5. The summed E-state index contributed by atoms with van der Waals surface area (Å²) in [4.78, 5) is 0. The predicted molar refractivity (Wildman–Crippen MR) is 132 cm³/mol. The highest BCUT2D eigenvalue weighted by Gasteiger charge is 2.17. The maximum atomic E-state index is 14.3. The first-order valence-corrected chi connectivity index (χ1v) is 11.5. The number of aliphatic hydroxyl groups is 1. The van der Waals surface area contributed by atoms with Crippen LogP contribution in [0.2, 0.25) is 0 Å². The standard InChI is InChI=1S/C27H30F3N3O2/c1-4-17(2)27(31)32-33-12-11-20(14-18(33)3)21-15-23(29)26(30)25(16-21)35-13-5-6-24(34)19-7-9-22(28)10-8-19/h7-12,14-17,24,34H,3-6,13H2,1-2H3,(H2,31,32). The number of amidine groups is 1. The third kappa shape index (κ3) is 6.76. The number of nitrogens with zero attached hydrogens (tertiary/aromatic N) is 2. The van der Waals surface area contributed by atoms with E-state index in [2.05, 4.69) is 11.7 Å². The van der Waals surface area contributed by atoms with Gasteiger partial charge >= 0.3 is 0 Å². The second-order valence-corrected chi connectivity index (χ2v) is 8.41. The summed E-state index contributed by atoms with van der Waals surface area (Å²) in [5.74, 6) is -2.14. The average molecular weight is 486 g/mol. The van der Waals surface area contributed by atoms with Gasteiger partial charge in [-0.1, -0.05) is 32.6 Å². The first-order valence-electron chi connectivity index (χ1n) is 11.5. The van der Waals surface area contributed by atoms with Gasteiger partial charge in [-0.05, 0) is 72.4 Å². The smallest absolute Gasteiger partial charge is 0.200 e. The molecular formula is C27H30F3N3O2. The molecule has 0 aromatic heterocycles. The van der Waals surface area contributed by atoms with E-state index in [-0.39, 0.29) is 24.1 Å². The van der Waals surface area contributed by atoms with Crippen molar-refractivity contribution in [2.45, 2.75) is 39.2 Å². The molecule has 2 aromatic rings. The molecule has 0 saturated carbocycles. The number of hydrogen-bond acceptors (Lipinski definition) is 4. The largest absolute Gasteiger partial charge is 0.490 e. The molecule has 2 atom stereocenters. The van der Waals surface area contributed by atoms with Crippen LogP contribution in [0.15, 0.2) is 72.1 Å². The number of halogens is 3. The molecule has 1 heterocycles. The number of hydrogen-bond donors (Lipinski definition) is 2. The highest BCUT2D eigenvalue weighted by Crippen LogP contribution is 2.30. The van der Waals surface area contributed by atoms with Gasteiger partial charge in [-0.25, -0.2) is 13.8 Å². The first kappa shape index (κ1) is 26.1. The Morgan fingerprint density at radius 2 is 1.91 bits per heavy atom. The molecule has 35 heavy (non-hydrogen) atoms. The molecule has 3 N–H and O–H groups in total. The lowest BCUT2D eigenvalue weighted by Gasteiger charge is -2.22. The van der Waals surface area contributed by atoms with E-state index in [9.17, 15) is 18.3 Å². The molecule has 1 aliphatic rings. The number of allylic oxidation sites excluding steroid dienone is 3. The highest BCUT2D eigenvalue weighted by atomic mass is 19.2. The van der Waals surface area contributed by atoms with Gasteiger partial charge in [0, 0.05) is 12.1 Å². The Morgan fingerprint density at radius 1 is 1.20 bits per heavy atom. The molecule has 186 valence electrons. The summed E-state index contributed by atoms with van der Waals surface area (Å²) in [5, 5.41) is 16.1. The average Bonchev–Trinajstić information content (AvgIpc) is 2.85. The van der Waals surface area contributed by atoms with Crippen molar-refractivity contribution in [3.8, 4) is 5.75 Å². The van der Waals surface area contributed by atoms with Crippen LogP contribution in [0.4, 0.5) is 13.2 Å². The molecule has 0 saturated heterocycles. The fraction of sp³-hybridized carbons (Fsp3) is 0.296. The van der Waals surface area contributed by atoms with Crippen LogP contribution in [0.3, 0.4) is 0 Å². The maximum Gasteiger partial charge on any atom is 0.200 e. The van der Waals surface area contributed by atoms with Crippen LogP contribution < -0.4 is 10.5 Å². The fourth-order valence-electron chi connectivity index (χ4n) is 3.40. The van der Waals surface area contributed by atoms with Gasteiger partial charge in [-0.3, -0.25) is 0 Å². The first-order chi connectivity index (χ1) is 16.7. The van der Waals surface area contributed by atoms with Crippen molar-refractivity contribution in [2.24, 2.45) is 16.8 Å². The lowest BCUT2D eigenvalue weighted by atomic mass is 10.0. The molecule has 0 fully saturated rings. The van der Waals surface area contributed by atoms with E-state index >= 15 is 0 Å². The van der Waals surface area contributed by atoms with Crippen LogP contribution in [0, 0.1) is 23.4 Å². The van der Waals surface area contributed by atoms with Gasteiger partial charge in [0.15, 0.2) is 11.6 Å². The molecule has 5 nitrogen and oxygen atoms in total. The number of rotatable bonds is 10. The van der Waals surface area contributed by atoms with Crippen LogP contribution in [0.25, 0.3) is 5.57 Å². The van der Waals surface area contributed by atoms with E-state index in [1.54, 1.807) is 18.4 Å². The Hall–Kier alpha value is -3.52. The van der Waals surface area contributed by atoms with Crippen molar-refractivity contribution in [1.82, 2.24) is 5.01 Å². The van der Waals surface area contributed by atoms with Crippen LogP contribution in [0.5, 0.6) is 5.75 Å². The lowest BCUT2D eigenvalue weighted by Crippen LogP contribution is -2.25. The Bertz CT molecular complexity index is 1140. The Balaban J connectivity index is 1.65. The molecule has 0 amide bonds. The van der Waals surface area contributed by atoms with Crippen LogP contribution in [-0.2, 0) is 0 Å². The molecule has 1 aliphatic heterocycles. The molecule has 0 aliphatic carbocycles. The zero-order valence-corrected chi connectivity index (χ0v) is 19.8. The van der Waals surface area contributed by atoms with Gasteiger partial charge in [0.1, 0.15) is 11.7 Å². The summed E-state index contributed by atoms with van der Waals surface area (Å²) >= 11 is 0. The molecule has 2 aromatic carbocycles. The number of hydrazone groups is 1. The Morgan fingerprint density at radius 3 is 2.57 bits per heavy atom. The monoisotopic (exact) mass is 485 g/mol. The van der Waals surface area contributed by atoms with Gasteiger partial charge in [-0.15, -0.1) is 0 Å². The van der Waals surface area contributed by atoms with Crippen molar-refractivity contribution < 1.29 is 23.0 Å². The number of aliphatic hydroxyl groups excluding tert-OH is 1. The van der Waals surface area contributed by atoms with E-state index in [1.165, 1.54) is 35.3 Å². The van der Waals surface area contributed by atoms with Gasteiger partial charge in [-0.2, -0.15) is 9.49 Å².